The van der Waals surface area contributed by atoms with E-state index in [9.17, 15) is 4.79 Å². The van der Waals surface area contributed by atoms with Gasteiger partial charge in [-0.3, -0.25) is 14.5 Å². The van der Waals surface area contributed by atoms with E-state index in [0.29, 0.717) is 49.2 Å². The minimum Gasteiger partial charge on any atom is -0.490 e. The molecule has 0 aliphatic rings. The molecule has 0 atom stereocenters. The first-order valence-corrected chi connectivity index (χ1v) is 10.3. The van der Waals surface area contributed by atoms with Crippen LogP contribution >= 0.6 is 0 Å². The molecule has 0 aliphatic carbocycles. The summed E-state index contributed by atoms with van der Waals surface area (Å²) in [5.41, 5.74) is 3.23. The third-order valence-corrected chi connectivity index (χ3v) is 4.46. The van der Waals surface area contributed by atoms with Crippen LogP contribution in [0.15, 0.2) is 43.0 Å². The summed E-state index contributed by atoms with van der Waals surface area (Å²) < 4.78 is 18.8. The fourth-order valence-corrected chi connectivity index (χ4v) is 3.12. The maximum absolute atomic E-state index is 12.9. The smallest absolute Gasteiger partial charge is 0.251 e. The van der Waals surface area contributed by atoms with E-state index >= 15 is 0 Å². The maximum atomic E-state index is 12.9. The van der Waals surface area contributed by atoms with E-state index in [1.807, 2.05) is 40.1 Å². The molecular weight excluding hydrogens is 396 g/mol. The molecule has 8 nitrogen and oxygen atoms in total. The highest BCUT2D eigenvalue weighted by molar-refractivity contribution is 5.95. The van der Waals surface area contributed by atoms with Crippen molar-refractivity contribution in [3.05, 3.63) is 54.1 Å². The highest BCUT2D eigenvalue weighted by atomic mass is 16.5. The first-order valence-electron chi connectivity index (χ1n) is 10.3. The number of carbonyl (C=O) groups excluding carboxylic acids is 1. The lowest BCUT2D eigenvalue weighted by Gasteiger charge is -2.17. The number of ether oxygens (including phenoxy) is 3. The Morgan fingerprint density at radius 1 is 0.935 bits per heavy atom. The van der Waals surface area contributed by atoms with Gasteiger partial charge in [0.2, 0.25) is 5.75 Å². The minimum absolute atomic E-state index is 0.239. The molecule has 3 aromatic rings. The number of hydrogen-bond acceptors (Lipinski definition) is 6. The third kappa shape index (κ3) is 5.53. The number of hydrogen-bond donors (Lipinski definition) is 1. The molecule has 8 heteroatoms. The lowest BCUT2D eigenvalue weighted by Crippen LogP contribution is -2.23. The monoisotopic (exact) mass is 424 g/mol. The van der Waals surface area contributed by atoms with Gasteiger partial charge in [0.1, 0.15) is 0 Å². The first-order chi connectivity index (χ1) is 15.0. The van der Waals surface area contributed by atoms with Gasteiger partial charge in [-0.2, -0.15) is 5.10 Å². The fourth-order valence-electron chi connectivity index (χ4n) is 3.12. The van der Waals surface area contributed by atoms with Crippen LogP contribution in [-0.2, 0) is 13.6 Å². The highest BCUT2D eigenvalue weighted by Crippen LogP contribution is 2.39. The van der Waals surface area contributed by atoms with Crippen molar-refractivity contribution in [2.24, 2.45) is 7.05 Å². The second-order valence-electron chi connectivity index (χ2n) is 6.77. The van der Waals surface area contributed by atoms with Crippen molar-refractivity contribution >= 4 is 5.91 Å². The molecule has 3 rings (SSSR count). The van der Waals surface area contributed by atoms with Crippen molar-refractivity contribution in [2.75, 3.05) is 19.8 Å². The van der Waals surface area contributed by atoms with Crippen molar-refractivity contribution in [2.45, 2.75) is 27.3 Å². The summed E-state index contributed by atoms with van der Waals surface area (Å²) in [6, 6.07) is 5.34. The van der Waals surface area contributed by atoms with Gasteiger partial charge in [-0.25, -0.2) is 0 Å². The second-order valence-corrected chi connectivity index (χ2v) is 6.77. The van der Waals surface area contributed by atoms with E-state index < -0.39 is 0 Å². The van der Waals surface area contributed by atoms with Crippen LogP contribution < -0.4 is 19.5 Å². The predicted molar refractivity (Wildman–Crippen MR) is 118 cm³/mol. The van der Waals surface area contributed by atoms with Crippen molar-refractivity contribution < 1.29 is 19.0 Å². The molecule has 2 aromatic heterocycles. The summed E-state index contributed by atoms with van der Waals surface area (Å²) in [6.07, 6.45) is 7.21. The van der Waals surface area contributed by atoms with Crippen molar-refractivity contribution in [3.8, 4) is 28.4 Å². The maximum Gasteiger partial charge on any atom is 0.251 e. The van der Waals surface area contributed by atoms with Gasteiger partial charge in [-0.1, -0.05) is 0 Å². The largest absolute Gasteiger partial charge is 0.490 e. The molecule has 0 unspecified atom stereocenters. The molecule has 0 fully saturated rings. The van der Waals surface area contributed by atoms with E-state index in [4.69, 9.17) is 14.2 Å². The van der Waals surface area contributed by atoms with Crippen LogP contribution in [0.2, 0.25) is 0 Å². The summed E-state index contributed by atoms with van der Waals surface area (Å²) in [6.45, 7) is 7.34. The molecule has 2 heterocycles. The zero-order valence-electron chi connectivity index (χ0n) is 18.3. The molecule has 164 valence electrons. The summed E-state index contributed by atoms with van der Waals surface area (Å²) >= 11 is 0. The molecule has 1 N–H and O–H groups in total. The van der Waals surface area contributed by atoms with Crippen LogP contribution in [0.5, 0.6) is 17.2 Å². The van der Waals surface area contributed by atoms with Gasteiger partial charge < -0.3 is 19.5 Å². The van der Waals surface area contributed by atoms with Crippen LogP contribution in [0.3, 0.4) is 0 Å². The molecule has 0 radical (unpaired) electrons. The molecule has 0 saturated carbocycles. The lowest BCUT2D eigenvalue weighted by atomic mass is 10.1. The number of nitrogens with one attached hydrogen (secondary N) is 1. The Kier molecular flexibility index (Phi) is 7.48. The lowest BCUT2D eigenvalue weighted by molar-refractivity contribution is 0.0949. The second kappa shape index (κ2) is 10.5. The topological polar surface area (TPSA) is 87.5 Å². The number of nitrogens with zero attached hydrogens (tertiary/aromatic N) is 3. The Labute approximate surface area is 182 Å². The highest BCUT2D eigenvalue weighted by Gasteiger charge is 2.18. The van der Waals surface area contributed by atoms with Crippen LogP contribution in [0.1, 0.15) is 36.7 Å². The van der Waals surface area contributed by atoms with Crippen molar-refractivity contribution in [3.63, 3.8) is 0 Å². The fraction of sp³-hybridized carbons (Fsp3) is 0.348. The molecule has 0 spiro atoms. The molecule has 0 saturated heterocycles. The summed E-state index contributed by atoms with van der Waals surface area (Å²) in [5, 5.41) is 7.13. The standard InChI is InChI=1S/C23H28N4O4/c1-5-29-20-9-17(10-21(30-6-2)22(20)31-7-3)23(28)25-12-16-8-18(13-24-11-16)19-14-26-27(4)15-19/h8-11,13-15H,5-7,12H2,1-4H3,(H,25,28). The van der Waals surface area contributed by atoms with E-state index in [1.54, 1.807) is 35.4 Å². The molecule has 0 bridgehead atoms. The van der Waals surface area contributed by atoms with Gasteiger partial charge in [0.25, 0.3) is 5.91 Å². The van der Waals surface area contributed by atoms with Crippen LogP contribution in [0.4, 0.5) is 0 Å². The summed E-state index contributed by atoms with van der Waals surface area (Å²) in [4.78, 5) is 17.1. The zero-order chi connectivity index (χ0) is 22.2. The number of aromatic nitrogens is 3. The van der Waals surface area contributed by atoms with Gasteiger partial charge in [0.05, 0.1) is 26.0 Å². The van der Waals surface area contributed by atoms with Gasteiger partial charge in [-0.05, 0) is 44.5 Å². The molecule has 1 amide bonds. The third-order valence-electron chi connectivity index (χ3n) is 4.46. The van der Waals surface area contributed by atoms with Crippen LogP contribution in [-0.4, -0.2) is 40.5 Å². The minimum atomic E-state index is -0.239. The first kappa shape index (κ1) is 22.1. The Morgan fingerprint density at radius 3 is 2.19 bits per heavy atom. The van der Waals surface area contributed by atoms with E-state index in [1.165, 1.54) is 0 Å². The van der Waals surface area contributed by atoms with Crippen molar-refractivity contribution in [1.29, 1.82) is 0 Å². The number of pyridine rings is 1. The average molecular weight is 425 g/mol. The summed E-state index contributed by atoms with van der Waals surface area (Å²) in [7, 11) is 1.87. The molecule has 0 aliphatic heterocycles. The van der Waals surface area contributed by atoms with E-state index in [0.717, 1.165) is 16.7 Å². The SMILES string of the molecule is CCOc1cc(C(=O)NCc2cncc(-c3cnn(C)c3)c2)cc(OCC)c1OCC. The Balaban J connectivity index is 1.78. The number of amides is 1. The Morgan fingerprint density at radius 2 is 1.61 bits per heavy atom. The zero-order valence-corrected chi connectivity index (χ0v) is 18.3. The Hall–Kier alpha value is -3.55. The van der Waals surface area contributed by atoms with Crippen LogP contribution in [0, 0.1) is 0 Å². The number of carbonyl (C=O) groups is 1. The quantitative estimate of drug-likeness (QED) is 0.535. The summed E-state index contributed by atoms with van der Waals surface area (Å²) in [5.74, 6) is 1.24. The normalized spacial score (nSPS) is 10.6. The van der Waals surface area contributed by atoms with E-state index in [2.05, 4.69) is 15.4 Å². The Bertz CT molecular complexity index is 1000. The predicted octanol–water partition coefficient (Wildman–Crippen LogP) is 3.61. The van der Waals surface area contributed by atoms with Gasteiger partial charge >= 0.3 is 0 Å². The molecule has 31 heavy (non-hydrogen) atoms. The number of benzene rings is 1. The average Bonchev–Trinajstić information content (AvgIpc) is 3.21. The van der Waals surface area contributed by atoms with Gasteiger partial charge in [-0.15, -0.1) is 0 Å². The van der Waals surface area contributed by atoms with E-state index in [-0.39, 0.29) is 5.91 Å². The molecular formula is C23H28N4O4. The van der Waals surface area contributed by atoms with Gasteiger partial charge in [0, 0.05) is 48.9 Å². The van der Waals surface area contributed by atoms with Crippen molar-refractivity contribution in [1.82, 2.24) is 20.1 Å². The number of aryl methyl sites for hydroxylation is 1. The number of rotatable bonds is 10. The van der Waals surface area contributed by atoms with Crippen LogP contribution in [0.25, 0.3) is 11.1 Å². The van der Waals surface area contributed by atoms with Gasteiger partial charge in [0.15, 0.2) is 11.5 Å². The molecule has 1 aromatic carbocycles.